The summed E-state index contributed by atoms with van der Waals surface area (Å²) in [5, 5.41) is 12.4. The first-order valence-corrected chi connectivity index (χ1v) is 7.08. The molecular weight excluding hydrogens is 262 g/mol. The lowest BCUT2D eigenvalue weighted by atomic mass is 10.0. The second kappa shape index (κ2) is 5.90. The minimum absolute atomic E-state index is 0.651. The molecule has 1 aliphatic rings. The summed E-state index contributed by atoms with van der Waals surface area (Å²) in [7, 11) is 0. The van der Waals surface area contributed by atoms with Crippen LogP contribution < -0.4 is 10.2 Å². The third-order valence-corrected chi connectivity index (χ3v) is 3.69. The number of nitriles is 1. The highest BCUT2D eigenvalue weighted by atomic mass is 15.3. The Morgan fingerprint density at radius 3 is 2.81 bits per heavy atom. The van der Waals surface area contributed by atoms with E-state index in [1.54, 1.807) is 6.20 Å². The maximum absolute atomic E-state index is 9.06. The number of aryl methyl sites for hydroxylation is 1. The van der Waals surface area contributed by atoms with Crippen molar-refractivity contribution >= 4 is 5.95 Å². The van der Waals surface area contributed by atoms with Gasteiger partial charge in [-0.1, -0.05) is 6.07 Å². The largest absolute Gasteiger partial charge is 0.338 e. The van der Waals surface area contributed by atoms with E-state index in [4.69, 9.17) is 5.26 Å². The van der Waals surface area contributed by atoms with Crippen molar-refractivity contribution in [3.05, 3.63) is 41.6 Å². The van der Waals surface area contributed by atoms with Gasteiger partial charge in [0.05, 0.1) is 17.3 Å². The van der Waals surface area contributed by atoms with Crippen LogP contribution in [-0.4, -0.2) is 36.1 Å². The monoisotopic (exact) mass is 279 g/mol. The van der Waals surface area contributed by atoms with Crippen LogP contribution in [0.4, 0.5) is 5.95 Å². The smallest absolute Gasteiger partial charge is 0.225 e. The first-order chi connectivity index (χ1) is 10.3. The molecule has 1 saturated heterocycles. The highest BCUT2D eigenvalue weighted by molar-refractivity contribution is 5.66. The lowest BCUT2D eigenvalue weighted by molar-refractivity contribution is 0.580. The Balaban J connectivity index is 1.98. The van der Waals surface area contributed by atoms with Gasteiger partial charge in [0.1, 0.15) is 0 Å². The molecule has 0 bridgehead atoms. The standard InChI is InChI=1S/C16H17N5/c1-12-2-3-13(11-17)10-14(12)15-4-5-19-16(20-15)21-8-6-18-7-9-21/h2-5,10,18H,6-9H2,1H3. The van der Waals surface area contributed by atoms with Gasteiger partial charge in [0.15, 0.2) is 0 Å². The third kappa shape index (κ3) is 2.86. The van der Waals surface area contributed by atoms with Crippen LogP contribution in [0.3, 0.4) is 0 Å². The Morgan fingerprint density at radius 1 is 1.24 bits per heavy atom. The van der Waals surface area contributed by atoms with Crippen LogP contribution in [0.1, 0.15) is 11.1 Å². The summed E-state index contributed by atoms with van der Waals surface area (Å²) in [6.45, 7) is 5.78. The second-order valence-electron chi connectivity index (χ2n) is 5.12. The first kappa shape index (κ1) is 13.5. The van der Waals surface area contributed by atoms with Crippen LogP contribution >= 0.6 is 0 Å². The number of piperazine rings is 1. The number of nitrogens with zero attached hydrogens (tertiary/aromatic N) is 4. The highest BCUT2D eigenvalue weighted by Crippen LogP contribution is 2.24. The van der Waals surface area contributed by atoms with Crippen LogP contribution in [0.25, 0.3) is 11.3 Å². The van der Waals surface area contributed by atoms with Crippen molar-refractivity contribution in [2.75, 3.05) is 31.1 Å². The van der Waals surface area contributed by atoms with Gasteiger partial charge in [0.25, 0.3) is 0 Å². The number of rotatable bonds is 2. The molecule has 0 unspecified atom stereocenters. The van der Waals surface area contributed by atoms with Crippen LogP contribution in [0.5, 0.6) is 0 Å². The SMILES string of the molecule is Cc1ccc(C#N)cc1-c1ccnc(N2CCNCC2)n1. The molecule has 0 atom stereocenters. The van der Waals surface area contributed by atoms with Crippen LogP contribution in [-0.2, 0) is 0 Å². The number of hydrogen-bond donors (Lipinski definition) is 1. The summed E-state index contributed by atoms with van der Waals surface area (Å²) >= 11 is 0. The summed E-state index contributed by atoms with van der Waals surface area (Å²) in [4.78, 5) is 11.2. The number of aromatic nitrogens is 2. The number of hydrogen-bond acceptors (Lipinski definition) is 5. The predicted octanol–water partition coefficient (Wildman–Crippen LogP) is 1.73. The highest BCUT2D eigenvalue weighted by Gasteiger charge is 2.14. The quantitative estimate of drug-likeness (QED) is 0.907. The molecule has 0 amide bonds. The molecule has 5 nitrogen and oxygen atoms in total. The Bertz CT molecular complexity index is 683. The number of anilines is 1. The molecule has 0 radical (unpaired) electrons. The summed E-state index contributed by atoms with van der Waals surface area (Å²) in [5.74, 6) is 0.760. The molecule has 3 rings (SSSR count). The molecule has 21 heavy (non-hydrogen) atoms. The van der Waals surface area contributed by atoms with E-state index in [9.17, 15) is 0 Å². The molecule has 0 aliphatic carbocycles. The molecule has 0 saturated carbocycles. The average Bonchev–Trinajstić information content (AvgIpc) is 2.56. The van der Waals surface area contributed by atoms with E-state index in [1.807, 2.05) is 31.2 Å². The van der Waals surface area contributed by atoms with Crippen molar-refractivity contribution < 1.29 is 0 Å². The molecule has 106 valence electrons. The van der Waals surface area contributed by atoms with Crippen molar-refractivity contribution in [2.45, 2.75) is 6.92 Å². The summed E-state index contributed by atoms with van der Waals surface area (Å²) < 4.78 is 0. The molecule has 2 aromatic rings. The van der Waals surface area contributed by atoms with Crippen LogP contribution in [0.15, 0.2) is 30.5 Å². The normalized spacial score (nSPS) is 14.8. The van der Waals surface area contributed by atoms with Gasteiger partial charge in [-0.3, -0.25) is 0 Å². The van der Waals surface area contributed by atoms with Gasteiger partial charge in [0.2, 0.25) is 5.95 Å². The molecule has 1 aromatic carbocycles. The van der Waals surface area contributed by atoms with E-state index >= 15 is 0 Å². The van der Waals surface area contributed by atoms with Crippen molar-refractivity contribution in [3.8, 4) is 17.3 Å². The molecular formula is C16H17N5. The molecule has 1 N–H and O–H groups in total. The Kier molecular flexibility index (Phi) is 3.80. The van der Waals surface area contributed by atoms with Gasteiger partial charge >= 0.3 is 0 Å². The lowest BCUT2D eigenvalue weighted by Gasteiger charge is -2.27. The van der Waals surface area contributed by atoms with E-state index < -0.39 is 0 Å². The minimum Gasteiger partial charge on any atom is -0.338 e. The molecule has 2 heterocycles. The Morgan fingerprint density at radius 2 is 2.05 bits per heavy atom. The van der Waals surface area contributed by atoms with Crippen LogP contribution in [0, 0.1) is 18.3 Å². The van der Waals surface area contributed by atoms with Crippen molar-refractivity contribution in [2.24, 2.45) is 0 Å². The average molecular weight is 279 g/mol. The van der Waals surface area contributed by atoms with Crippen molar-refractivity contribution in [1.29, 1.82) is 5.26 Å². The minimum atomic E-state index is 0.651. The summed E-state index contributed by atoms with van der Waals surface area (Å²) in [5.41, 5.74) is 3.62. The molecule has 1 aliphatic heterocycles. The van der Waals surface area contributed by atoms with Gasteiger partial charge in [-0.05, 0) is 30.7 Å². The first-order valence-electron chi connectivity index (χ1n) is 7.08. The van der Waals surface area contributed by atoms with E-state index in [2.05, 4.69) is 26.3 Å². The van der Waals surface area contributed by atoms with E-state index in [-0.39, 0.29) is 0 Å². The molecule has 1 fully saturated rings. The van der Waals surface area contributed by atoms with Crippen molar-refractivity contribution in [3.63, 3.8) is 0 Å². The zero-order chi connectivity index (χ0) is 14.7. The van der Waals surface area contributed by atoms with E-state index in [0.717, 1.165) is 48.9 Å². The second-order valence-corrected chi connectivity index (χ2v) is 5.12. The molecule has 0 spiro atoms. The maximum atomic E-state index is 9.06. The van der Waals surface area contributed by atoms with E-state index in [0.29, 0.717) is 5.56 Å². The number of benzene rings is 1. The topological polar surface area (TPSA) is 64.8 Å². The lowest BCUT2D eigenvalue weighted by Crippen LogP contribution is -2.44. The fourth-order valence-corrected chi connectivity index (χ4v) is 2.48. The number of nitrogens with one attached hydrogen (secondary N) is 1. The van der Waals surface area contributed by atoms with Gasteiger partial charge in [-0.15, -0.1) is 0 Å². The van der Waals surface area contributed by atoms with Gasteiger partial charge in [-0.2, -0.15) is 5.26 Å². The van der Waals surface area contributed by atoms with Crippen LogP contribution in [0.2, 0.25) is 0 Å². The van der Waals surface area contributed by atoms with Gasteiger partial charge in [-0.25, -0.2) is 9.97 Å². The maximum Gasteiger partial charge on any atom is 0.225 e. The summed E-state index contributed by atoms with van der Waals surface area (Å²) in [6.07, 6.45) is 1.79. The van der Waals surface area contributed by atoms with Gasteiger partial charge in [0, 0.05) is 37.9 Å². The van der Waals surface area contributed by atoms with Crippen molar-refractivity contribution in [1.82, 2.24) is 15.3 Å². The van der Waals surface area contributed by atoms with E-state index in [1.165, 1.54) is 0 Å². The van der Waals surface area contributed by atoms with Gasteiger partial charge < -0.3 is 10.2 Å². The zero-order valence-electron chi connectivity index (χ0n) is 12.0. The fraction of sp³-hybridized carbons (Fsp3) is 0.312. The predicted molar refractivity (Wildman–Crippen MR) is 82.0 cm³/mol. The summed E-state index contributed by atoms with van der Waals surface area (Å²) in [6, 6.07) is 9.76. The third-order valence-electron chi connectivity index (χ3n) is 3.69. The zero-order valence-corrected chi connectivity index (χ0v) is 12.0. The fourth-order valence-electron chi connectivity index (χ4n) is 2.48. The Labute approximate surface area is 124 Å². The molecule has 1 aromatic heterocycles. The Hall–Kier alpha value is -2.45. The molecule has 5 heteroatoms.